The van der Waals surface area contributed by atoms with Crippen LogP contribution in [-0.4, -0.2) is 42.1 Å². The Hall–Kier alpha value is -3.18. The van der Waals surface area contributed by atoms with Crippen molar-refractivity contribution < 1.29 is 0 Å². The van der Waals surface area contributed by atoms with Gasteiger partial charge in [-0.05, 0) is 69.3 Å². The van der Waals surface area contributed by atoms with Crippen LogP contribution in [0, 0.1) is 20.8 Å². The highest BCUT2D eigenvalue weighted by atomic mass is 15.2. The van der Waals surface area contributed by atoms with E-state index in [4.69, 9.17) is 0 Å². The largest absolute Gasteiger partial charge is 0.358 e. The third-order valence-electron chi connectivity index (χ3n) is 5.60. The molecule has 0 unspecified atom stereocenters. The average molecular weight is 400 g/mol. The van der Waals surface area contributed by atoms with E-state index in [0.717, 1.165) is 52.6 Å². The minimum atomic E-state index is 0.924. The van der Waals surface area contributed by atoms with Crippen LogP contribution in [0.25, 0.3) is 33.3 Å². The Labute approximate surface area is 178 Å². The Morgan fingerprint density at radius 2 is 1.67 bits per heavy atom. The van der Waals surface area contributed by atoms with E-state index in [1.165, 1.54) is 16.5 Å². The summed E-state index contributed by atoms with van der Waals surface area (Å²) >= 11 is 0. The van der Waals surface area contributed by atoms with Gasteiger partial charge in [-0.25, -0.2) is 4.98 Å². The average Bonchev–Trinajstić information content (AvgIpc) is 3.07. The summed E-state index contributed by atoms with van der Waals surface area (Å²) in [5, 5.41) is 4.42. The van der Waals surface area contributed by atoms with Crippen molar-refractivity contribution in [3.63, 3.8) is 0 Å². The maximum absolute atomic E-state index is 4.66. The summed E-state index contributed by atoms with van der Waals surface area (Å²) in [6.07, 6.45) is 1.96. The molecule has 0 saturated carbocycles. The molecule has 0 spiro atoms. The van der Waals surface area contributed by atoms with Crippen LogP contribution < -0.4 is 10.2 Å². The first-order valence-corrected chi connectivity index (χ1v) is 10.4. The molecule has 0 aliphatic carbocycles. The molecule has 0 aliphatic rings. The predicted molar refractivity (Wildman–Crippen MR) is 126 cm³/mol. The number of benzene rings is 1. The minimum absolute atomic E-state index is 0.924. The summed E-state index contributed by atoms with van der Waals surface area (Å²) in [4.78, 5) is 15.0. The topological polar surface area (TPSA) is 56.8 Å². The van der Waals surface area contributed by atoms with Crippen molar-refractivity contribution in [3.8, 4) is 22.4 Å². The highest BCUT2D eigenvalue weighted by molar-refractivity contribution is 5.93. The summed E-state index contributed by atoms with van der Waals surface area (Å²) < 4.78 is 0. The molecule has 4 aromatic rings. The van der Waals surface area contributed by atoms with E-state index in [9.17, 15) is 0 Å². The van der Waals surface area contributed by atoms with Gasteiger partial charge >= 0.3 is 0 Å². The lowest BCUT2D eigenvalue weighted by atomic mass is 10.0. The Morgan fingerprint density at radius 1 is 0.933 bits per heavy atom. The van der Waals surface area contributed by atoms with Gasteiger partial charge in [-0.15, -0.1) is 0 Å². The number of rotatable bonds is 6. The SMILES string of the molecule is CNCCN(C)c1ccc(-c2ccc3c(C)c(-c4cc(C)nc(C)c4)[nH]c3c2)cn1. The molecule has 0 bridgehead atoms. The van der Waals surface area contributed by atoms with Crippen LogP contribution >= 0.6 is 0 Å². The van der Waals surface area contributed by atoms with Gasteiger partial charge in [-0.3, -0.25) is 4.98 Å². The van der Waals surface area contributed by atoms with Crippen LogP contribution in [0.1, 0.15) is 17.0 Å². The van der Waals surface area contributed by atoms with E-state index in [1.807, 2.05) is 27.1 Å². The number of aromatic amines is 1. The quantitative estimate of drug-likeness (QED) is 0.485. The van der Waals surface area contributed by atoms with Crippen molar-refractivity contribution >= 4 is 16.7 Å². The standard InChI is InChI=1S/C25H29N5/c1-16-12-21(13-17(2)28-16)25-18(3)22-8-6-19(14-23(22)29-25)20-7-9-24(27-15-20)30(5)11-10-26-4/h6-9,12-15,26,29H,10-11H2,1-5H3. The summed E-state index contributed by atoms with van der Waals surface area (Å²) in [5.41, 5.74) is 9.11. The van der Waals surface area contributed by atoms with Crippen molar-refractivity contribution in [3.05, 3.63) is 65.6 Å². The molecule has 0 aliphatic heterocycles. The number of nitrogens with one attached hydrogen (secondary N) is 2. The van der Waals surface area contributed by atoms with E-state index in [0.29, 0.717) is 0 Å². The van der Waals surface area contributed by atoms with Crippen molar-refractivity contribution in [1.82, 2.24) is 20.3 Å². The summed E-state index contributed by atoms with van der Waals surface area (Å²) in [5.74, 6) is 0.983. The second kappa shape index (κ2) is 8.28. The first-order valence-electron chi connectivity index (χ1n) is 10.4. The minimum Gasteiger partial charge on any atom is -0.358 e. The molecule has 5 nitrogen and oxygen atoms in total. The molecule has 3 aromatic heterocycles. The van der Waals surface area contributed by atoms with Gasteiger partial charge in [0.2, 0.25) is 0 Å². The van der Waals surface area contributed by atoms with Gasteiger partial charge in [-0.2, -0.15) is 0 Å². The zero-order chi connectivity index (χ0) is 21.3. The highest BCUT2D eigenvalue weighted by Gasteiger charge is 2.12. The first-order chi connectivity index (χ1) is 14.5. The second-order valence-corrected chi connectivity index (χ2v) is 7.95. The number of nitrogens with zero attached hydrogens (tertiary/aromatic N) is 3. The van der Waals surface area contributed by atoms with Gasteiger partial charge in [0.1, 0.15) is 5.82 Å². The first kappa shape index (κ1) is 20.1. The monoisotopic (exact) mass is 399 g/mol. The highest BCUT2D eigenvalue weighted by Crippen LogP contribution is 2.33. The van der Waals surface area contributed by atoms with Crippen LogP contribution in [0.5, 0.6) is 0 Å². The molecule has 3 heterocycles. The van der Waals surface area contributed by atoms with Crippen molar-refractivity contribution in [2.45, 2.75) is 20.8 Å². The van der Waals surface area contributed by atoms with Crippen molar-refractivity contribution in [2.75, 3.05) is 32.1 Å². The summed E-state index contributed by atoms with van der Waals surface area (Å²) in [7, 11) is 4.03. The molecule has 0 atom stereocenters. The van der Waals surface area contributed by atoms with Crippen LogP contribution in [0.3, 0.4) is 0 Å². The molecule has 0 radical (unpaired) electrons. The number of hydrogen-bond acceptors (Lipinski definition) is 4. The Morgan fingerprint density at radius 3 is 2.33 bits per heavy atom. The molecule has 4 rings (SSSR count). The Bertz CT molecular complexity index is 1150. The lowest BCUT2D eigenvalue weighted by Crippen LogP contribution is -2.27. The van der Waals surface area contributed by atoms with E-state index < -0.39 is 0 Å². The smallest absolute Gasteiger partial charge is 0.128 e. The zero-order valence-electron chi connectivity index (χ0n) is 18.4. The van der Waals surface area contributed by atoms with Crippen molar-refractivity contribution in [2.24, 2.45) is 0 Å². The number of pyridine rings is 2. The predicted octanol–water partition coefficient (Wildman–Crippen LogP) is 4.87. The van der Waals surface area contributed by atoms with Crippen LogP contribution in [0.2, 0.25) is 0 Å². The molecular weight excluding hydrogens is 370 g/mol. The fourth-order valence-corrected chi connectivity index (χ4v) is 3.96. The normalized spacial score (nSPS) is 11.2. The Balaban J connectivity index is 1.67. The van der Waals surface area contributed by atoms with E-state index in [2.05, 4.69) is 81.6 Å². The molecular formula is C25H29N5. The van der Waals surface area contributed by atoms with Gasteiger partial charge in [0.25, 0.3) is 0 Å². The van der Waals surface area contributed by atoms with E-state index >= 15 is 0 Å². The fraction of sp³-hybridized carbons (Fsp3) is 0.280. The number of hydrogen-bond donors (Lipinski definition) is 2. The van der Waals surface area contributed by atoms with Gasteiger partial charge < -0.3 is 15.2 Å². The Kier molecular flexibility index (Phi) is 5.55. The summed E-state index contributed by atoms with van der Waals surface area (Å²) in [6.45, 7) is 8.12. The molecule has 1 aromatic carbocycles. The fourth-order valence-electron chi connectivity index (χ4n) is 3.96. The molecule has 154 valence electrons. The maximum Gasteiger partial charge on any atom is 0.128 e. The van der Waals surface area contributed by atoms with Gasteiger partial charge in [0.15, 0.2) is 0 Å². The summed E-state index contributed by atoms with van der Waals surface area (Å²) in [6, 6.07) is 15.1. The number of anilines is 1. The number of H-pyrrole nitrogens is 1. The molecule has 0 amide bonds. The molecule has 5 heteroatoms. The van der Waals surface area contributed by atoms with Gasteiger partial charge in [0, 0.05) is 65.4 Å². The van der Waals surface area contributed by atoms with Crippen LogP contribution in [-0.2, 0) is 0 Å². The lowest BCUT2D eigenvalue weighted by Gasteiger charge is -2.18. The van der Waals surface area contributed by atoms with Crippen molar-refractivity contribution in [1.29, 1.82) is 0 Å². The van der Waals surface area contributed by atoms with Gasteiger partial charge in [-0.1, -0.05) is 12.1 Å². The molecule has 0 fully saturated rings. The number of aryl methyl sites for hydroxylation is 3. The third-order valence-corrected chi connectivity index (χ3v) is 5.60. The molecule has 2 N–H and O–H groups in total. The molecule has 0 saturated heterocycles. The zero-order valence-corrected chi connectivity index (χ0v) is 18.4. The number of aromatic nitrogens is 3. The van der Waals surface area contributed by atoms with Gasteiger partial charge in [0.05, 0.1) is 0 Å². The van der Waals surface area contributed by atoms with Crippen LogP contribution in [0.4, 0.5) is 5.82 Å². The second-order valence-electron chi connectivity index (χ2n) is 7.95. The van der Waals surface area contributed by atoms with E-state index in [-0.39, 0.29) is 0 Å². The van der Waals surface area contributed by atoms with E-state index in [1.54, 1.807) is 0 Å². The number of fused-ring (bicyclic) bond motifs is 1. The third kappa shape index (κ3) is 3.94. The lowest BCUT2D eigenvalue weighted by molar-refractivity contribution is 0.761. The van der Waals surface area contributed by atoms with Crippen LogP contribution in [0.15, 0.2) is 48.7 Å². The maximum atomic E-state index is 4.66. The number of likely N-dealkylation sites (N-methyl/N-ethyl adjacent to an activating group) is 2. The molecule has 30 heavy (non-hydrogen) atoms.